The second kappa shape index (κ2) is 5.99. The Kier molecular flexibility index (Phi) is 4.09. The van der Waals surface area contributed by atoms with Crippen LogP contribution in [0.5, 0.6) is 5.75 Å². The van der Waals surface area contributed by atoms with E-state index in [1.807, 2.05) is 13.0 Å². The summed E-state index contributed by atoms with van der Waals surface area (Å²) in [5.74, 6) is 1.55. The zero-order valence-electron chi connectivity index (χ0n) is 12.2. The molecule has 2 aliphatic rings. The van der Waals surface area contributed by atoms with Crippen molar-refractivity contribution in [3.63, 3.8) is 0 Å². The predicted molar refractivity (Wildman–Crippen MR) is 80.3 cm³/mol. The first kappa shape index (κ1) is 13.7. The lowest BCUT2D eigenvalue weighted by atomic mass is 10.1. The lowest BCUT2D eigenvalue weighted by Crippen LogP contribution is -2.09. The topological polar surface area (TPSA) is 9.23 Å². The minimum Gasteiger partial charge on any atom is -0.490 e. The van der Waals surface area contributed by atoms with E-state index in [4.69, 9.17) is 4.74 Å². The van der Waals surface area contributed by atoms with Gasteiger partial charge in [0.1, 0.15) is 0 Å². The second-order valence-electron chi connectivity index (χ2n) is 6.25. The van der Waals surface area contributed by atoms with Gasteiger partial charge in [0.05, 0.1) is 6.61 Å². The van der Waals surface area contributed by atoms with Crippen LogP contribution in [0, 0.1) is 24.6 Å². The molecule has 2 heteroatoms. The number of hydrogen-bond acceptors (Lipinski definition) is 1. The van der Waals surface area contributed by atoms with Crippen LogP contribution in [0.3, 0.4) is 0 Å². The summed E-state index contributed by atoms with van der Waals surface area (Å²) in [7, 11) is 0. The average Bonchev–Trinajstić information content (AvgIpc) is 3.13. The van der Waals surface area contributed by atoms with Gasteiger partial charge in [-0.15, -0.1) is 0 Å². The van der Waals surface area contributed by atoms with Crippen molar-refractivity contribution in [2.45, 2.75) is 45.4 Å². The van der Waals surface area contributed by atoms with Gasteiger partial charge in [-0.2, -0.15) is 0 Å². The van der Waals surface area contributed by atoms with Crippen molar-refractivity contribution in [1.82, 2.24) is 0 Å². The van der Waals surface area contributed by atoms with Crippen LogP contribution in [0.25, 0.3) is 6.08 Å². The number of hydrogen-bond donors (Lipinski definition) is 0. The molecule has 1 aromatic carbocycles. The van der Waals surface area contributed by atoms with E-state index in [1.165, 1.54) is 38.5 Å². The highest BCUT2D eigenvalue weighted by molar-refractivity contribution is 5.56. The van der Waals surface area contributed by atoms with Crippen molar-refractivity contribution in [2.24, 2.45) is 11.8 Å². The zero-order valence-corrected chi connectivity index (χ0v) is 12.2. The normalized spacial score (nSPS) is 19.9. The summed E-state index contributed by atoms with van der Waals surface area (Å²) in [5, 5.41) is 0. The van der Waals surface area contributed by atoms with Gasteiger partial charge in [-0.3, -0.25) is 0 Å². The van der Waals surface area contributed by atoms with Crippen LogP contribution in [-0.4, -0.2) is 6.61 Å². The summed E-state index contributed by atoms with van der Waals surface area (Å²) in [6.45, 7) is 2.50. The van der Waals surface area contributed by atoms with Crippen LogP contribution in [0.4, 0.5) is 4.39 Å². The first-order valence-electron chi connectivity index (χ1n) is 7.84. The zero-order chi connectivity index (χ0) is 13.9. The van der Waals surface area contributed by atoms with Crippen molar-refractivity contribution in [3.8, 4) is 5.75 Å². The fourth-order valence-electron chi connectivity index (χ4n) is 2.88. The van der Waals surface area contributed by atoms with Gasteiger partial charge in [-0.25, -0.2) is 4.39 Å². The quantitative estimate of drug-likeness (QED) is 0.723. The Morgan fingerprint density at radius 1 is 1.20 bits per heavy atom. The molecule has 0 heterocycles. The molecule has 0 aromatic heterocycles. The van der Waals surface area contributed by atoms with Crippen molar-refractivity contribution < 1.29 is 9.13 Å². The van der Waals surface area contributed by atoms with Gasteiger partial charge in [-0.1, -0.05) is 31.1 Å². The molecule has 3 rings (SSSR count). The average molecular weight is 274 g/mol. The highest BCUT2D eigenvalue weighted by Crippen LogP contribution is 2.32. The molecule has 0 saturated heterocycles. The lowest BCUT2D eigenvalue weighted by molar-refractivity contribution is 0.241. The maximum atomic E-state index is 14.3. The van der Waals surface area contributed by atoms with Crippen molar-refractivity contribution in [1.29, 1.82) is 0 Å². The smallest absolute Gasteiger partial charge is 0.168 e. The van der Waals surface area contributed by atoms with Gasteiger partial charge in [0, 0.05) is 0 Å². The molecule has 2 aliphatic carbocycles. The highest BCUT2D eigenvalue weighted by Gasteiger charge is 2.19. The third-order valence-corrected chi connectivity index (χ3v) is 4.51. The van der Waals surface area contributed by atoms with Crippen LogP contribution in [0.1, 0.15) is 49.7 Å². The van der Waals surface area contributed by atoms with Gasteiger partial charge >= 0.3 is 0 Å². The van der Waals surface area contributed by atoms with Gasteiger partial charge in [0.15, 0.2) is 11.6 Å². The Morgan fingerprint density at radius 2 is 1.95 bits per heavy atom. The first-order chi connectivity index (χ1) is 9.74. The number of ether oxygens (including phenoxy) is 1. The summed E-state index contributed by atoms with van der Waals surface area (Å²) in [6.07, 6.45) is 11.8. The molecule has 0 atom stereocenters. The lowest BCUT2D eigenvalue weighted by Gasteiger charge is -2.13. The Labute approximate surface area is 120 Å². The molecular formula is C18H23FO. The van der Waals surface area contributed by atoms with Gasteiger partial charge < -0.3 is 4.74 Å². The number of allylic oxidation sites excluding steroid dienone is 1. The molecule has 0 radical (unpaired) electrons. The molecule has 2 fully saturated rings. The van der Waals surface area contributed by atoms with E-state index in [-0.39, 0.29) is 5.82 Å². The van der Waals surface area contributed by atoms with Crippen molar-refractivity contribution in [3.05, 3.63) is 35.2 Å². The number of halogens is 1. The van der Waals surface area contributed by atoms with Crippen LogP contribution in [-0.2, 0) is 0 Å². The Bertz CT molecular complexity index is 496. The summed E-state index contributed by atoms with van der Waals surface area (Å²) >= 11 is 0. The Hall–Kier alpha value is -1.31. The maximum absolute atomic E-state index is 14.3. The van der Waals surface area contributed by atoms with Crippen LogP contribution >= 0.6 is 0 Å². The molecule has 20 heavy (non-hydrogen) atoms. The van der Waals surface area contributed by atoms with Crippen LogP contribution in [0.2, 0.25) is 0 Å². The Morgan fingerprint density at radius 3 is 2.65 bits per heavy atom. The first-order valence-corrected chi connectivity index (χ1v) is 7.84. The summed E-state index contributed by atoms with van der Waals surface area (Å²) < 4.78 is 20.0. The van der Waals surface area contributed by atoms with E-state index in [0.29, 0.717) is 23.8 Å². The Balaban J connectivity index is 1.66. The SMILES string of the molecule is Cc1c(/C=C/C2CC2)ccc(OCC2CCCC2)c1F. The third-order valence-electron chi connectivity index (χ3n) is 4.51. The molecule has 2 saturated carbocycles. The van der Waals surface area contributed by atoms with Crippen molar-refractivity contribution >= 4 is 6.08 Å². The number of benzene rings is 1. The van der Waals surface area contributed by atoms with Gasteiger partial charge in [0.25, 0.3) is 0 Å². The van der Waals surface area contributed by atoms with Crippen molar-refractivity contribution in [2.75, 3.05) is 6.61 Å². The fraction of sp³-hybridized carbons (Fsp3) is 0.556. The molecular weight excluding hydrogens is 251 g/mol. The van der Waals surface area contributed by atoms with E-state index < -0.39 is 0 Å². The molecule has 0 N–H and O–H groups in total. The minimum atomic E-state index is -0.194. The second-order valence-corrected chi connectivity index (χ2v) is 6.25. The maximum Gasteiger partial charge on any atom is 0.168 e. The van der Waals surface area contributed by atoms with Crippen LogP contribution < -0.4 is 4.74 Å². The van der Waals surface area contributed by atoms with Gasteiger partial charge in [0.2, 0.25) is 0 Å². The van der Waals surface area contributed by atoms with E-state index in [9.17, 15) is 4.39 Å². The molecule has 0 bridgehead atoms. The largest absolute Gasteiger partial charge is 0.490 e. The minimum absolute atomic E-state index is 0.194. The molecule has 0 aliphatic heterocycles. The highest BCUT2D eigenvalue weighted by atomic mass is 19.1. The third kappa shape index (κ3) is 3.23. The summed E-state index contributed by atoms with van der Waals surface area (Å²) in [4.78, 5) is 0. The molecule has 0 spiro atoms. The molecule has 1 aromatic rings. The molecule has 108 valence electrons. The molecule has 0 amide bonds. The van der Waals surface area contributed by atoms with E-state index in [2.05, 4.69) is 12.2 Å². The molecule has 0 unspecified atom stereocenters. The monoisotopic (exact) mass is 274 g/mol. The summed E-state index contributed by atoms with van der Waals surface area (Å²) in [6, 6.07) is 3.76. The van der Waals surface area contributed by atoms with E-state index in [0.717, 1.165) is 11.5 Å². The van der Waals surface area contributed by atoms with Crippen LogP contribution in [0.15, 0.2) is 18.2 Å². The van der Waals surface area contributed by atoms with E-state index in [1.54, 1.807) is 6.07 Å². The van der Waals surface area contributed by atoms with Gasteiger partial charge in [-0.05, 0) is 61.6 Å². The fourth-order valence-corrected chi connectivity index (χ4v) is 2.88. The number of rotatable bonds is 5. The molecule has 1 nitrogen and oxygen atoms in total. The summed E-state index contributed by atoms with van der Waals surface area (Å²) in [5.41, 5.74) is 1.67. The van der Waals surface area contributed by atoms with E-state index >= 15 is 0 Å². The standard InChI is InChI=1S/C18H23FO/c1-13-16(9-8-14-6-7-14)10-11-17(18(13)19)20-12-15-4-2-3-5-15/h8-11,14-15H,2-7,12H2,1H3/b9-8+. The predicted octanol–water partition coefficient (Wildman–Crippen LogP) is 5.13.